The summed E-state index contributed by atoms with van der Waals surface area (Å²) in [7, 11) is 0. The average molecular weight is 191 g/mol. The number of amidine groups is 1. The summed E-state index contributed by atoms with van der Waals surface area (Å²) < 4.78 is 0. The first-order valence-corrected chi connectivity index (χ1v) is 5.08. The molecule has 0 radical (unpaired) electrons. The van der Waals surface area contributed by atoms with Crippen LogP contribution < -0.4 is 0 Å². The molecule has 0 amide bonds. The molecule has 0 saturated heterocycles. The molecule has 0 spiro atoms. The van der Waals surface area contributed by atoms with Crippen molar-refractivity contribution in [2.75, 3.05) is 12.3 Å². The Balaban J connectivity index is 2.05. The third-order valence-corrected chi connectivity index (χ3v) is 2.43. The lowest BCUT2D eigenvalue weighted by Crippen LogP contribution is -1.76. The van der Waals surface area contributed by atoms with Gasteiger partial charge in [0, 0.05) is 5.75 Å². The second kappa shape index (κ2) is 4.18. The topological polar surface area (TPSA) is 37.1 Å². The SMILES string of the molecule is c1ccc(N=NC2=NCCS2)cc1. The molecule has 2 rings (SSSR count). The van der Waals surface area contributed by atoms with E-state index in [1.807, 2.05) is 30.3 Å². The Hall–Kier alpha value is -1.16. The van der Waals surface area contributed by atoms with E-state index in [4.69, 9.17) is 0 Å². The van der Waals surface area contributed by atoms with Crippen LogP contribution in [0.2, 0.25) is 0 Å². The molecule has 66 valence electrons. The Labute approximate surface area is 81.0 Å². The molecule has 3 nitrogen and oxygen atoms in total. The summed E-state index contributed by atoms with van der Waals surface area (Å²) in [5.41, 5.74) is 0.873. The fourth-order valence-electron chi connectivity index (χ4n) is 0.980. The van der Waals surface area contributed by atoms with Crippen molar-refractivity contribution in [3.05, 3.63) is 30.3 Å². The second-order valence-corrected chi connectivity index (χ2v) is 3.61. The van der Waals surface area contributed by atoms with E-state index in [2.05, 4.69) is 15.2 Å². The first kappa shape index (κ1) is 8.44. The van der Waals surface area contributed by atoms with Gasteiger partial charge in [-0.25, -0.2) is 0 Å². The highest BCUT2D eigenvalue weighted by atomic mass is 32.2. The van der Waals surface area contributed by atoms with Gasteiger partial charge in [0.2, 0.25) is 5.17 Å². The molecule has 1 heterocycles. The molecule has 0 aromatic heterocycles. The molecule has 13 heavy (non-hydrogen) atoms. The van der Waals surface area contributed by atoms with Crippen LogP contribution in [0.4, 0.5) is 5.69 Å². The van der Waals surface area contributed by atoms with Crippen molar-refractivity contribution in [2.45, 2.75) is 0 Å². The van der Waals surface area contributed by atoms with E-state index in [-0.39, 0.29) is 0 Å². The van der Waals surface area contributed by atoms with E-state index in [1.54, 1.807) is 11.8 Å². The minimum Gasteiger partial charge on any atom is -0.258 e. The average Bonchev–Trinajstić information content (AvgIpc) is 2.69. The van der Waals surface area contributed by atoms with Crippen molar-refractivity contribution in [2.24, 2.45) is 15.2 Å². The highest BCUT2D eigenvalue weighted by Gasteiger charge is 2.04. The van der Waals surface area contributed by atoms with Gasteiger partial charge in [-0.05, 0) is 12.1 Å². The predicted octanol–water partition coefficient (Wildman–Crippen LogP) is 2.87. The maximum atomic E-state index is 4.17. The van der Waals surface area contributed by atoms with Crippen molar-refractivity contribution in [1.29, 1.82) is 0 Å². The van der Waals surface area contributed by atoms with Gasteiger partial charge in [0.05, 0.1) is 12.2 Å². The second-order valence-electron chi connectivity index (χ2n) is 2.55. The normalized spacial score (nSPS) is 16.5. The molecule has 0 aliphatic carbocycles. The van der Waals surface area contributed by atoms with Crippen LogP contribution in [0, 0.1) is 0 Å². The molecule has 0 N–H and O–H groups in total. The van der Waals surface area contributed by atoms with Crippen LogP contribution in [-0.2, 0) is 0 Å². The van der Waals surface area contributed by atoms with Crippen LogP contribution in [0.15, 0.2) is 45.6 Å². The number of thioether (sulfide) groups is 1. The zero-order valence-electron chi connectivity index (χ0n) is 7.05. The van der Waals surface area contributed by atoms with Crippen molar-refractivity contribution in [1.82, 2.24) is 0 Å². The fraction of sp³-hybridized carbons (Fsp3) is 0.222. The minimum absolute atomic E-state index is 0.795. The fourth-order valence-corrected chi connectivity index (χ4v) is 1.63. The first-order valence-electron chi connectivity index (χ1n) is 4.09. The predicted molar refractivity (Wildman–Crippen MR) is 55.7 cm³/mol. The molecule has 4 heteroatoms. The summed E-state index contributed by atoms with van der Waals surface area (Å²) in [6, 6.07) is 9.68. The van der Waals surface area contributed by atoms with Crippen LogP contribution in [0.5, 0.6) is 0 Å². The monoisotopic (exact) mass is 191 g/mol. The number of azo groups is 1. The van der Waals surface area contributed by atoms with Crippen LogP contribution >= 0.6 is 11.8 Å². The summed E-state index contributed by atoms with van der Waals surface area (Å²) >= 11 is 1.65. The molecule has 0 atom stereocenters. The Bertz CT molecular complexity index is 332. The van der Waals surface area contributed by atoms with Gasteiger partial charge in [0.15, 0.2) is 0 Å². The van der Waals surface area contributed by atoms with Gasteiger partial charge in [-0.2, -0.15) is 0 Å². The van der Waals surface area contributed by atoms with E-state index in [0.29, 0.717) is 0 Å². The van der Waals surface area contributed by atoms with Gasteiger partial charge in [-0.1, -0.05) is 30.0 Å². The molecule has 1 aromatic rings. The number of hydrogen-bond acceptors (Lipinski definition) is 4. The lowest BCUT2D eigenvalue weighted by atomic mass is 10.3. The van der Waals surface area contributed by atoms with Crippen LogP contribution in [0.1, 0.15) is 0 Å². The third-order valence-electron chi connectivity index (χ3n) is 1.58. The highest BCUT2D eigenvalue weighted by molar-refractivity contribution is 8.14. The van der Waals surface area contributed by atoms with Crippen LogP contribution in [0.3, 0.4) is 0 Å². The molecule has 0 bridgehead atoms. The molecule has 0 unspecified atom stereocenters. The van der Waals surface area contributed by atoms with Crippen molar-refractivity contribution >= 4 is 22.6 Å². The molecule has 1 aliphatic rings. The van der Waals surface area contributed by atoms with Gasteiger partial charge in [-0.3, -0.25) is 4.99 Å². The Morgan fingerprint density at radius 1 is 1.15 bits per heavy atom. The summed E-state index contributed by atoms with van der Waals surface area (Å²) in [6.45, 7) is 0.869. The zero-order chi connectivity index (χ0) is 8.93. The molecule has 0 fully saturated rings. The summed E-state index contributed by atoms with van der Waals surface area (Å²) in [5.74, 6) is 1.03. The maximum absolute atomic E-state index is 4.17. The zero-order valence-corrected chi connectivity index (χ0v) is 7.87. The Kier molecular flexibility index (Phi) is 2.72. The lowest BCUT2D eigenvalue weighted by Gasteiger charge is -1.89. The molecule has 0 saturated carbocycles. The largest absolute Gasteiger partial charge is 0.258 e. The van der Waals surface area contributed by atoms with Crippen LogP contribution in [0.25, 0.3) is 0 Å². The van der Waals surface area contributed by atoms with E-state index < -0.39 is 0 Å². The lowest BCUT2D eigenvalue weighted by molar-refractivity contribution is 1.16. The van der Waals surface area contributed by atoms with Crippen molar-refractivity contribution < 1.29 is 0 Å². The number of nitrogens with zero attached hydrogens (tertiary/aromatic N) is 3. The van der Waals surface area contributed by atoms with E-state index in [1.165, 1.54) is 0 Å². The Morgan fingerprint density at radius 2 is 2.00 bits per heavy atom. The van der Waals surface area contributed by atoms with Crippen LogP contribution in [-0.4, -0.2) is 17.5 Å². The standard InChI is InChI=1S/C9H9N3S/c1-2-4-8(5-3-1)11-12-9-10-6-7-13-9/h1-5H,6-7H2. The molecular weight excluding hydrogens is 182 g/mol. The first-order chi connectivity index (χ1) is 6.45. The van der Waals surface area contributed by atoms with Gasteiger partial charge in [0.1, 0.15) is 0 Å². The molecule has 1 aliphatic heterocycles. The number of benzene rings is 1. The van der Waals surface area contributed by atoms with Crippen molar-refractivity contribution in [3.8, 4) is 0 Å². The Morgan fingerprint density at radius 3 is 2.69 bits per heavy atom. The van der Waals surface area contributed by atoms with Gasteiger partial charge in [0.25, 0.3) is 0 Å². The summed E-state index contributed by atoms with van der Waals surface area (Å²) in [6.07, 6.45) is 0. The van der Waals surface area contributed by atoms with E-state index in [0.717, 1.165) is 23.2 Å². The van der Waals surface area contributed by atoms with E-state index in [9.17, 15) is 0 Å². The molecular formula is C9H9N3S. The number of hydrogen-bond donors (Lipinski definition) is 0. The smallest absolute Gasteiger partial charge is 0.204 e. The number of aliphatic imine (C=N–C) groups is 1. The van der Waals surface area contributed by atoms with E-state index >= 15 is 0 Å². The van der Waals surface area contributed by atoms with Gasteiger partial charge >= 0.3 is 0 Å². The highest BCUT2D eigenvalue weighted by Crippen LogP contribution is 2.16. The minimum atomic E-state index is 0.795. The van der Waals surface area contributed by atoms with Crippen molar-refractivity contribution in [3.63, 3.8) is 0 Å². The van der Waals surface area contributed by atoms with Gasteiger partial charge < -0.3 is 0 Å². The quantitative estimate of drug-likeness (QED) is 0.629. The maximum Gasteiger partial charge on any atom is 0.204 e. The van der Waals surface area contributed by atoms with Gasteiger partial charge in [-0.15, -0.1) is 10.2 Å². The summed E-state index contributed by atoms with van der Waals surface area (Å²) in [4.78, 5) is 4.17. The summed E-state index contributed by atoms with van der Waals surface area (Å²) in [5, 5.41) is 8.89. The third kappa shape index (κ3) is 2.39. The molecule has 1 aromatic carbocycles. The number of rotatable bonds is 1.